The van der Waals surface area contributed by atoms with Gasteiger partial charge in [0.05, 0.1) is 0 Å². The smallest absolute Gasteiger partial charge is 0.251 e. The van der Waals surface area contributed by atoms with Gasteiger partial charge >= 0.3 is 0 Å². The first-order valence-corrected chi connectivity index (χ1v) is 7.76. The molecule has 0 spiro atoms. The van der Waals surface area contributed by atoms with Crippen molar-refractivity contribution in [1.29, 1.82) is 0 Å². The zero-order valence-electron chi connectivity index (χ0n) is 11.1. The van der Waals surface area contributed by atoms with Crippen LogP contribution in [0.1, 0.15) is 23.2 Å². The van der Waals surface area contributed by atoms with Crippen LogP contribution in [-0.4, -0.2) is 33.5 Å². The summed E-state index contributed by atoms with van der Waals surface area (Å²) in [5, 5.41) is 10.8. The summed E-state index contributed by atoms with van der Waals surface area (Å²) >= 11 is 0. The number of benzene rings is 1. The number of nitrogens with one attached hydrogen (secondary N) is 2. The van der Waals surface area contributed by atoms with E-state index in [0.29, 0.717) is 6.54 Å². The van der Waals surface area contributed by atoms with Gasteiger partial charge in [0.15, 0.2) is 0 Å². The van der Waals surface area contributed by atoms with Crippen LogP contribution in [0.4, 0.5) is 4.39 Å². The molecule has 1 fully saturated rings. The lowest BCUT2D eigenvalue weighted by atomic mass is 10.1. The third-order valence-corrected chi connectivity index (χ3v) is 4.08. The molecule has 0 aromatic heterocycles. The Morgan fingerprint density at radius 2 is 2.14 bits per heavy atom. The lowest BCUT2D eigenvalue weighted by Crippen LogP contribution is -2.45. The Morgan fingerprint density at radius 1 is 1.43 bits per heavy atom. The van der Waals surface area contributed by atoms with Gasteiger partial charge in [-0.15, -0.1) is 12.4 Å². The predicted octanol–water partition coefficient (Wildman–Crippen LogP) is 0.377. The Balaban J connectivity index is 0.00000220. The molecule has 1 amide bonds. The summed E-state index contributed by atoms with van der Waals surface area (Å²) in [6, 6.07) is 3.12. The van der Waals surface area contributed by atoms with Crippen LogP contribution in [0.15, 0.2) is 23.1 Å². The highest BCUT2D eigenvalue weighted by molar-refractivity contribution is 7.89. The molecular formula is C12H17ClFN3O3S. The van der Waals surface area contributed by atoms with Gasteiger partial charge in [-0.1, -0.05) is 0 Å². The molecule has 1 saturated heterocycles. The number of carbonyl (C=O) groups is 1. The van der Waals surface area contributed by atoms with Crippen molar-refractivity contribution in [2.24, 2.45) is 5.14 Å². The van der Waals surface area contributed by atoms with E-state index in [9.17, 15) is 17.6 Å². The molecule has 0 aliphatic carbocycles. The molecular weight excluding hydrogens is 321 g/mol. The second-order valence-electron chi connectivity index (χ2n) is 4.71. The molecule has 1 aliphatic rings. The molecule has 1 atom stereocenters. The Hall–Kier alpha value is -1.22. The highest BCUT2D eigenvalue weighted by Gasteiger charge is 2.19. The van der Waals surface area contributed by atoms with Gasteiger partial charge in [0.1, 0.15) is 10.7 Å². The first kappa shape index (κ1) is 17.8. The molecule has 21 heavy (non-hydrogen) atoms. The van der Waals surface area contributed by atoms with E-state index in [0.717, 1.165) is 31.5 Å². The lowest BCUT2D eigenvalue weighted by Gasteiger charge is -2.23. The van der Waals surface area contributed by atoms with Gasteiger partial charge in [-0.2, -0.15) is 0 Å². The number of rotatable bonds is 3. The Labute approximate surface area is 128 Å². The molecule has 1 aromatic rings. The molecule has 9 heteroatoms. The SMILES string of the molecule is Cl.NS(=O)(=O)c1ccc(C(=O)N[C@H]2CCCNC2)cc1F. The van der Waals surface area contributed by atoms with Crippen molar-refractivity contribution < 1.29 is 17.6 Å². The van der Waals surface area contributed by atoms with Crippen molar-refractivity contribution in [1.82, 2.24) is 10.6 Å². The second-order valence-corrected chi connectivity index (χ2v) is 6.24. The minimum absolute atomic E-state index is 0. The van der Waals surface area contributed by atoms with Crippen molar-refractivity contribution in [2.75, 3.05) is 13.1 Å². The van der Waals surface area contributed by atoms with Crippen molar-refractivity contribution in [3.63, 3.8) is 0 Å². The average molecular weight is 338 g/mol. The molecule has 2 rings (SSSR count). The molecule has 4 N–H and O–H groups in total. The maximum absolute atomic E-state index is 13.6. The summed E-state index contributed by atoms with van der Waals surface area (Å²) in [5.41, 5.74) is 0.0699. The number of sulfonamides is 1. The van der Waals surface area contributed by atoms with E-state index in [1.165, 1.54) is 6.07 Å². The number of hydrogen-bond acceptors (Lipinski definition) is 4. The quantitative estimate of drug-likeness (QED) is 0.742. The van der Waals surface area contributed by atoms with Crippen molar-refractivity contribution >= 4 is 28.3 Å². The lowest BCUT2D eigenvalue weighted by molar-refractivity contribution is 0.0930. The van der Waals surface area contributed by atoms with E-state index in [-0.39, 0.29) is 24.0 Å². The van der Waals surface area contributed by atoms with Gasteiger partial charge in [-0.25, -0.2) is 17.9 Å². The third kappa shape index (κ3) is 4.63. The van der Waals surface area contributed by atoms with E-state index < -0.39 is 26.6 Å². The Bertz CT molecular complexity index is 618. The topological polar surface area (TPSA) is 101 Å². The van der Waals surface area contributed by atoms with Crippen LogP contribution in [0, 0.1) is 5.82 Å². The normalized spacial score (nSPS) is 18.7. The summed E-state index contributed by atoms with van der Waals surface area (Å²) in [7, 11) is -4.12. The van der Waals surface area contributed by atoms with Crippen LogP contribution in [0.5, 0.6) is 0 Å². The molecule has 1 aliphatic heterocycles. The molecule has 118 valence electrons. The zero-order chi connectivity index (χ0) is 14.8. The van der Waals surface area contributed by atoms with Crippen LogP contribution in [0.25, 0.3) is 0 Å². The van der Waals surface area contributed by atoms with Gasteiger partial charge in [0.2, 0.25) is 10.0 Å². The Kier molecular flexibility index (Phi) is 6.09. The van der Waals surface area contributed by atoms with E-state index in [4.69, 9.17) is 5.14 Å². The highest BCUT2D eigenvalue weighted by atomic mass is 35.5. The first-order chi connectivity index (χ1) is 9.38. The fraction of sp³-hybridized carbons (Fsp3) is 0.417. The maximum atomic E-state index is 13.6. The monoisotopic (exact) mass is 337 g/mol. The van der Waals surface area contributed by atoms with Crippen molar-refractivity contribution in [3.8, 4) is 0 Å². The summed E-state index contributed by atoms with van der Waals surface area (Å²) in [6.45, 7) is 1.59. The van der Waals surface area contributed by atoms with Crippen molar-refractivity contribution in [3.05, 3.63) is 29.6 Å². The first-order valence-electron chi connectivity index (χ1n) is 6.22. The summed E-state index contributed by atoms with van der Waals surface area (Å²) in [5.74, 6) is -1.46. The van der Waals surface area contributed by atoms with Crippen LogP contribution in [0.2, 0.25) is 0 Å². The molecule has 1 aromatic carbocycles. The summed E-state index contributed by atoms with van der Waals surface area (Å²) in [4.78, 5) is 11.3. The summed E-state index contributed by atoms with van der Waals surface area (Å²) < 4.78 is 35.8. The van der Waals surface area contributed by atoms with E-state index in [1.54, 1.807) is 0 Å². The second kappa shape index (κ2) is 7.17. The van der Waals surface area contributed by atoms with Crippen LogP contribution in [0.3, 0.4) is 0 Å². The predicted molar refractivity (Wildman–Crippen MR) is 78.4 cm³/mol. The largest absolute Gasteiger partial charge is 0.348 e. The number of amides is 1. The number of halogens is 2. The average Bonchev–Trinajstić information content (AvgIpc) is 2.38. The molecule has 0 bridgehead atoms. The van der Waals surface area contributed by atoms with E-state index in [1.807, 2.05) is 0 Å². The minimum atomic E-state index is -4.12. The van der Waals surface area contributed by atoms with Gasteiger partial charge < -0.3 is 10.6 Å². The molecule has 0 saturated carbocycles. The van der Waals surface area contributed by atoms with Gasteiger partial charge in [-0.3, -0.25) is 4.79 Å². The van der Waals surface area contributed by atoms with E-state index >= 15 is 0 Å². The molecule has 0 radical (unpaired) electrons. The standard InChI is InChI=1S/C12H16FN3O3S.ClH/c13-10-6-8(3-4-11(10)20(14,18)19)12(17)16-9-2-1-5-15-7-9;/h3-4,6,9,15H,1-2,5,7H2,(H,16,17)(H2,14,18,19);1H/t9-;/m0./s1. The highest BCUT2D eigenvalue weighted by Crippen LogP contribution is 2.15. The van der Waals surface area contributed by atoms with E-state index in [2.05, 4.69) is 10.6 Å². The van der Waals surface area contributed by atoms with Gasteiger partial charge in [0, 0.05) is 18.2 Å². The number of primary sulfonamides is 1. The summed E-state index contributed by atoms with van der Waals surface area (Å²) in [6.07, 6.45) is 1.82. The molecule has 1 heterocycles. The fourth-order valence-corrected chi connectivity index (χ4v) is 2.71. The Morgan fingerprint density at radius 3 is 2.67 bits per heavy atom. The third-order valence-electron chi connectivity index (χ3n) is 3.13. The van der Waals surface area contributed by atoms with Gasteiger partial charge in [-0.05, 0) is 37.6 Å². The molecule has 6 nitrogen and oxygen atoms in total. The number of hydrogen-bond donors (Lipinski definition) is 3. The van der Waals surface area contributed by atoms with Crippen LogP contribution >= 0.6 is 12.4 Å². The number of carbonyl (C=O) groups excluding carboxylic acids is 1. The zero-order valence-corrected chi connectivity index (χ0v) is 12.8. The minimum Gasteiger partial charge on any atom is -0.348 e. The number of piperidine rings is 1. The number of nitrogens with two attached hydrogens (primary N) is 1. The van der Waals surface area contributed by atoms with Crippen molar-refractivity contribution in [2.45, 2.75) is 23.8 Å². The fourth-order valence-electron chi connectivity index (χ4n) is 2.12. The van der Waals surface area contributed by atoms with Crippen LogP contribution in [-0.2, 0) is 10.0 Å². The maximum Gasteiger partial charge on any atom is 0.251 e. The van der Waals surface area contributed by atoms with Gasteiger partial charge in [0.25, 0.3) is 5.91 Å². The van der Waals surface area contributed by atoms with Crippen LogP contribution < -0.4 is 15.8 Å². The molecule has 0 unspecified atom stereocenters.